The molecule has 0 aliphatic rings. The number of aryl methyl sites for hydroxylation is 1. The second-order valence-corrected chi connectivity index (χ2v) is 6.47. The number of nitrogen functional groups attached to an aromatic ring is 1. The monoisotopic (exact) mass is 306 g/mol. The fourth-order valence-corrected chi connectivity index (χ4v) is 2.46. The van der Waals surface area contributed by atoms with E-state index in [0.29, 0.717) is 12.5 Å². The first kappa shape index (κ1) is 18.8. The van der Waals surface area contributed by atoms with Gasteiger partial charge in [0.1, 0.15) is 5.75 Å². The molecule has 1 rings (SSSR count). The van der Waals surface area contributed by atoms with Crippen LogP contribution in [0.25, 0.3) is 0 Å². The molecule has 126 valence electrons. The van der Waals surface area contributed by atoms with Gasteiger partial charge in [0.25, 0.3) is 0 Å². The summed E-state index contributed by atoms with van der Waals surface area (Å²) in [6.07, 6.45) is 4.83. The van der Waals surface area contributed by atoms with Crippen LogP contribution in [0.3, 0.4) is 0 Å². The quantitative estimate of drug-likeness (QED) is 0.617. The van der Waals surface area contributed by atoms with Crippen molar-refractivity contribution in [3.8, 4) is 5.75 Å². The first-order chi connectivity index (χ1) is 10.6. The molecule has 0 amide bonds. The summed E-state index contributed by atoms with van der Waals surface area (Å²) in [4.78, 5) is 2.53. The molecule has 0 aromatic heterocycles. The van der Waals surface area contributed by atoms with Gasteiger partial charge in [0.05, 0.1) is 12.3 Å². The Labute approximate surface area is 136 Å². The zero-order valence-electron chi connectivity index (χ0n) is 14.9. The van der Waals surface area contributed by atoms with Crippen molar-refractivity contribution in [2.24, 2.45) is 5.92 Å². The summed E-state index contributed by atoms with van der Waals surface area (Å²) in [5, 5.41) is 0. The highest BCUT2D eigenvalue weighted by molar-refractivity contribution is 5.54. The molecule has 0 atom stereocenters. The Kier molecular flexibility index (Phi) is 8.98. The van der Waals surface area contributed by atoms with Crippen LogP contribution in [0.5, 0.6) is 5.75 Å². The Morgan fingerprint density at radius 3 is 2.45 bits per heavy atom. The third-order valence-electron chi connectivity index (χ3n) is 3.86. The number of nitrogens with two attached hydrogens (primary N) is 1. The van der Waals surface area contributed by atoms with Crippen molar-refractivity contribution in [3.63, 3.8) is 0 Å². The van der Waals surface area contributed by atoms with Crippen molar-refractivity contribution < 1.29 is 4.74 Å². The molecule has 0 saturated heterocycles. The van der Waals surface area contributed by atoms with Crippen molar-refractivity contribution in [2.45, 2.75) is 53.4 Å². The van der Waals surface area contributed by atoms with E-state index in [-0.39, 0.29) is 0 Å². The molecule has 0 fully saturated rings. The summed E-state index contributed by atoms with van der Waals surface area (Å²) >= 11 is 0. The zero-order valence-corrected chi connectivity index (χ0v) is 14.9. The van der Waals surface area contributed by atoms with Crippen molar-refractivity contribution >= 4 is 5.69 Å². The van der Waals surface area contributed by atoms with Crippen molar-refractivity contribution in [1.82, 2.24) is 4.90 Å². The average molecular weight is 306 g/mol. The van der Waals surface area contributed by atoms with E-state index in [4.69, 9.17) is 10.5 Å². The standard InChI is InChI=1S/C19H34N2O/c1-5-7-12-21(6-2)13-8-9-17-10-11-19(18(20)14-17)22-15-16(3)4/h10-11,14,16H,5-9,12-13,15,20H2,1-4H3. The fraction of sp³-hybridized carbons (Fsp3) is 0.684. The van der Waals surface area contributed by atoms with Gasteiger partial charge in [-0.25, -0.2) is 0 Å². The van der Waals surface area contributed by atoms with Crippen LogP contribution in [-0.4, -0.2) is 31.1 Å². The zero-order chi connectivity index (χ0) is 16.4. The molecule has 0 spiro atoms. The molecule has 1 aromatic carbocycles. The molecular weight excluding hydrogens is 272 g/mol. The summed E-state index contributed by atoms with van der Waals surface area (Å²) in [7, 11) is 0. The van der Waals surface area contributed by atoms with E-state index in [1.165, 1.54) is 37.9 Å². The van der Waals surface area contributed by atoms with Gasteiger partial charge < -0.3 is 15.4 Å². The van der Waals surface area contributed by atoms with Crippen LogP contribution in [0.1, 0.15) is 52.5 Å². The molecule has 0 aliphatic carbocycles. The number of nitrogens with zero attached hydrogens (tertiary/aromatic N) is 1. The Morgan fingerprint density at radius 2 is 1.86 bits per heavy atom. The van der Waals surface area contributed by atoms with Crippen LogP contribution in [0.2, 0.25) is 0 Å². The van der Waals surface area contributed by atoms with Crippen LogP contribution in [0.15, 0.2) is 18.2 Å². The number of benzene rings is 1. The number of hydrogen-bond donors (Lipinski definition) is 1. The highest BCUT2D eigenvalue weighted by Gasteiger charge is 2.05. The van der Waals surface area contributed by atoms with Gasteiger partial charge in [-0.2, -0.15) is 0 Å². The molecule has 3 heteroatoms. The Morgan fingerprint density at radius 1 is 1.14 bits per heavy atom. The third kappa shape index (κ3) is 7.17. The highest BCUT2D eigenvalue weighted by atomic mass is 16.5. The van der Waals surface area contributed by atoms with E-state index in [1.54, 1.807) is 0 Å². The lowest BCUT2D eigenvalue weighted by Gasteiger charge is -2.20. The van der Waals surface area contributed by atoms with E-state index >= 15 is 0 Å². The molecule has 3 nitrogen and oxygen atoms in total. The second kappa shape index (κ2) is 10.5. The number of anilines is 1. The van der Waals surface area contributed by atoms with Gasteiger partial charge in [-0.3, -0.25) is 0 Å². The Balaban J connectivity index is 2.41. The predicted molar refractivity (Wildman–Crippen MR) is 96.5 cm³/mol. The van der Waals surface area contributed by atoms with Crippen molar-refractivity contribution in [2.75, 3.05) is 32.0 Å². The first-order valence-corrected chi connectivity index (χ1v) is 8.80. The Hall–Kier alpha value is -1.22. The van der Waals surface area contributed by atoms with Crippen LogP contribution in [0, 0.1) is 5.92 Å². The van der Waals surface area contributed by atoms with Gasteiger partial charge in [-0.1, -0.05) is 40.2 Å². The maximum absolute atomic E-state index is 6.10. The van der Waals surface area contributed by atoms with Gasteiger partial charge in [0.15, 0.2) is 0 Å². The normalized spacial score (nSPS) is 11.4. The maximum Gasteiger partial charge on any atom is 0.142 e. The molecule has 0 saturated carbocycles. The fourth-order valence-electron chi connectivity index (χ4n) is 2.46. The summed E-state index contributed by atoms with van der Waals surface area (Å²) < 4.78 is 5.72. The molecule has 22 heavy (non-hydrogen) atoms. The minimum absolute atomic E-state index is 0.516. The average Bonchev–Trinajstić information content (AvgIpc) is 2.49. The van der Waals surface area contributed by atoms with Gasteiger partial charge in [0.2, 0.25) is 0 Å². The lowest BCUT2D eigenvalue weighted by atomic mass is 10.1. The molecule has 0 heterocycles. The molecule has 2 N–H and O–H groups in total. The van der Waals surface area contributed by atoms with Gasteiger partial charge >= 0.3 is 0 Å². The smallest absolute Gasteiger partial charge is 0.142 e. The highest BCUT2D eigenvalue weighted by Crippen LogP contribution is 2.23. The van der Waals surface area contributed by atoms with Crippen LogP contribution in [-0.2, 0) is 6.42 Å². The molecule has 0 radical (unpaired) electrons. The topological polar surface area (TPSA) is 38.5 Å². The van der Waals surface area contributed by atoms with Gasteiger partial charge in [-0.05, 0) is 62.5 Å². The SMILES string of the molecule is CCCCN(CC)CCCc1ccc(OCC(C)C)c(N)c1. The maximum atomic E-state index is 6.10. The van der Waals surface area contributed by atoms with Crippen LogP contribution < -0.4 is 10.5 Å². The molecule has 0 aliphatic heterocycles. The van der Waals surface area contributed by atoms with Crippen LogP contribution in [0.4, 0.5) is 5.69 Å². The third-order valence-corrected chi connectivity index (χ3v) is 3.86. The van der Waals surface area contributed by atoms with Gasteiger partial charge in [-0.15, -0.1) is 0 Å². The summed E-state index contributed by atoms with van der Waals surface area (Å²) in [6, 6.07) is 6.23. The minimum Gasteiger partial charge on any atom is -0.491 e. The molecular formula is C19H34N2O. The lowest BCUT2D eigenvalue weighted by molar-refractivity contribution is 0.272. The number of rotatable bonds is 11. The molecule has 0 unspecified atom stereocenters. The number of ether oxygens (including phenoxy) is 1. The van der Waals surface area contributed by atoms with Gasteiger partial charge in [0, 0.05) is 0 Å². The van der Waals surface area contributed by atoms with E-state index in [0.717, 1.165) is 24.4 Å². The second-order valence-electron chi connectivity index (χ2n) is 6.47. The Bertz CT molecular complexity index is 418. The number of hydrogen-bond acceptors (Lipinski definition) is 3. The lowest BCUT2D eigenvalue weighted by Crippen LogP contribution is -2.25. The first-order valence-electron chi connectivity index (χ1n) is 8.80. The summed E-state index contributed by atoms with van der Waals surface area (Å²) in [5.41, 5.74) is 8.16. The van der Waals surface area contributed by atoms with E-state index < -0.39 is 0 Å². The minimum atomic E-state index is 0.516. The molecule has 0 bridgehead atoms. The molecule has 1 aromatic rings. The van der Waals surface area contributed by atoms with Crippen molar-refractivity contribution in [3.05, 3.63) is 23.8 Å². The predicted octanol–water partition coefficient (Wildman–Crippen LogP) is 4.36. The van der Waals surface area contributed by atoms with Crippen LogP contribution >= 0.6 is 0 Å². The number of unbranched alkanes of at least 4 members (excludes halogenated alkanes) is 1. The summed E-state index contributed by atoms with van der Waals surface area (Å²) in [6.45, 7) is 13.0. The van der Waals surface area contributed by atoms with Crippen molar-refractivity contribution in [1.29, 1.82) is 0 Å². The van der Waals surface area contributed by atoms with E-state index in [1.807, 2.05) is 6.07 Å². The largest absolute Gasteiger partial charge is 0.491 e. The van der Waals surface area contributed by atoms with E-state index in [2.05, 4.69) is 44.7 Å². The van der Waals surface area contributed by atoms with E-state index in [9.17, 15) is 0 Å². The summed E-state index contributed by atoms with van der Waals surface area (Å²) in [5.74, 6) is 1.33.